The number of phenolic OH excluding ortho intramolecular Hbond substituents is 1. The minimum absolute atomic E-state index is 0.142. The molecule has 0 radical (unpaired) electrons. The zero-order valence-corrected chi connectivity index (χ0v) is 12.2. The van der Waals surface area contributed by atoms with Gasteiger partial charge in [0.2, 0.25) is 0 Å². The van der Waals surface area contributed by atoms with Crippen LogP contribution in [0.25, 0.3) is 0 Å². The molecule has 20 heavy (non-hydrogen) atoms. The van der Waals surface area contributed by atoms with Crippen LogP contribution in [0.5, 0.6) is 11.5 Å². The highest BCUT2D eigenvalue weighted by Crippen LogP contribution is 2.47. The van der Waals surface area contributed by atoms with E-state index < -0.39 is 0 Å². The maximum Gasteiger partial charge on any atom is 0.339 e. The second-order valence-electron chi connectivity index (χ2n) is 6.08. The molecule has 0 aromatic heterocycles. The summed E-state index contributed by atoms with van der Waals surface area (Å²) in [7, 11) is 0. The zero-order chi connectivity index (χ0) is 14.5. The summed E-state index contributed by atoms with van der Waals surface area (Å²) in [6.45, 7) is 6.63. The van der Waals surface area contributed by atoms with Crippen LogP contribution in [0.2, 0.25) is 0 Å². The van der Waals surface area contributed by atoms with Gasteiger partial charge in [-0.3, -0.25) is 0 Å². The van der Waals surface area contributed by atoms with E-state index in [4.69, 9.17) is 9.47 Å². The van der Waals surface area contributed by atoms with Crippen molar-refractivity contribution in [2.45, 2.75) is 52.2 Å². The molecule has 1 aromatic carbocycles. The predicted octanol–water partition coefficient (Wildman–Crippen LogP) is 3.19. The Morgan fingerprint density at radius 2 is 2.20 bits per heavy atom. The summed E-state index contributed by atoms with van der Waals surface area (Å²) in [6, 6.07) is 1.52. The van der Waals surface area contributed by atoms with Crippen molar-refractivity contribution in [2.75, 3.05) is 0 Å². The van der Waals surface area contributed by atoms with E-state index in [-0.39, 0.29) is 23.9 Å². The Balaban J connectivity index is 2.12. The summed E-state index contributed by atoms with van der Waals surface area (Å²) in [5.74, 6) is 0.748. The van der Waals surface area contributed by atoms with Crippen LogP contribution in [-0.2, 0) is 17.8 Å². The van der Waals surface area contributed by atoms with E-state index in [0.29, 0.717) is 17.2 Å². The molecular formula is C16H20O4. The lowest BCUT2D eigenvalue weighted by Crippen LogP contribution is -2.43. The molecule has 2 heterocycles. The van der Waals surface area contributed by atoms with Crippen LogP contribution >= 0.6 is 0 Å². The number of ether oxygens (including phenoxy) is 2. The Kier molecular flexibility index (Phi) is 2.92. The zero-order valence-electron chi connectivity index (χ0n) is 12.2. The number of fused-ring (bicyclic) bond motifs is 3. The van der Waals surface area contributed by atoms with Gasteiger partial charge < -0.3 is 14.6 Å². The molecule has 0 bridgehead atoms. The molecule has 0 saturated carbocycles. The van der Waals surface area contributed by atoms with Gasteiger partial charge in [0.25, 0.3) is 0 Å². The Labute approximate surface area is 118 Å². The molecule has 3 rings (SSSR count). The van der Waals surface area contributed by atoms with Gasteiger partial charge >= 0.3 is 5.97 Å². The maximum absolute atomic E-state index is 11.7. The normalized spacial score (nSPS) is 27.6. The van der Waals surface area contributed by atoms with E-state index in [2.05, 4.69) is 20.8 Å². The number of aromatic hydroxyl groups is 1. The summed E-state index contributed by atoms with van der Waals surface area (Å²) >= 11 is 0. The molecule has 4 heteroatoms. The van der Waals surface area contributed by atoms with E-state index in [1.54, 1.807) is 0 Å². The molecule has 108 valence electrons. The molecule has 0 aliphatic carbocycles. The number of hydrogen-bond acceptors (Lipinski definition) is 4. The van der Waals surface area contributed by atoms with Crippen LogP contribution in [0.3, 0.4) is 0 Å². The highest BCUT2D eigenvalue weighted by atomic mass is 16.5. The monoisotopic (exact) mass is 276 g/mol. The van der Waals surface area contributed by atoms with Crippen molar-refractivity contribution in [2.24, 2.45) is 5.92 Å². The highest BCUT2D eigenvalue weighted by Gasteiger charge is 2.41. The molecular weight excluding hydrogens is 256 g/mol. The number of rotatable bonds is 2. The highest BCUT2D eigenvalue weighted by molar-refractivity contribution is 5.95. The molecule has 1 aromatic rings. The molecule has 0 amide bonds. The van der Waals surface area contributed by atoms with Gasteiger partial charge in [-0.1, -0.05) is 20.3 Å². The summed E-state index contributed by atoms with van der Waals surface area (Å²) < 4.78 is 11.3. The van der Waals surface area contributed by atoms with Gasteiger partial charge in [0, 0.05) is 11.1 Å². The largest absolute Gasteiger partial charge is 0.508 e. The predicted molar refractivity (Wildman–Crippen MR) is 74.0 cm³/mol. The van der Waals surface area contributed by atoms with Crippen molar-refractivity contribution >= 4 is 5.97 Å². The topological polar surface area (TPSA) is 55.8 Å². The first-order valence-electron chi connectivity index (χ1n) is 7.20. The molecule has 0 saturated heterocycles. The average molecular weight is 276 g/mol. The van der Waals surface area contributed by atoms with E-state index in [1.165, 1.54) is 6.07 Å². The number of benzene rings is 1. The van der Waals surface area contributed by atoms with Gasteiger partial charge in [-0.15, -0.1) is 0 Å². The Morgan fingerprint density at radius 1 is 1.45 bits per heavy atom. The van der Waals surface area contributed by atoms with Crippen LogP contribution in [0, 0.1) is 5.92 Å². The summed E-state index contributed by atoms with van der Waals surface area (Å²) in [6.07, 6.45) is 2.75. The summed E-state index contributed by atoms with van der Waals surface area (Å²) in [5, 5.41) is 10.2. The van der Waals surface area contributed by atoms with Crippen LogP contribution in [0.4, 0.5) is 0 Å². The lowest BCUT2D eigenvalue weighted by molar-refractivity contribution is 0.00647. The van der Waals surface area contributed by atoms with Crippen LogP contribution in [0.15, 0.2) is 6.07 Å². The summed E-state index contributed by atoms with van der Waals surface area (Å²) in [5.41, 5.74) is 1.78. The number of esters is 1. The van der Waals surface area contributed by atoms with Crippen molar-refractivity contribution in [1.82, 2.24) is 0 Å². The van der Waals surface area contributed by atoms with Crippen molar-refractivity contribution in [3.05, 3.63) is 22.8 Å². The quantitative estimate of drug-likeness (QED) is 0.843. The van der Waals surface area contributed by atoms with Crippen molar-refractivity contribution in [1.29, 1.82) is 0 Å². The number of carbonyl (C=O) groups excluding carboxylic acids is 1. The molecule has 1 N–H and O–H groups in total. The third-order valence-electron chi connectivity index (χ3n) is 4.67. The van der Waals surface area contributed by atoms with Gasteiger partial charge in [0.1, 0.15) is 23.7 Å². The molecule has 4 nitrogen and oxygen atoms in total. The number of phenols is 1. The van der Waals surface area contributed by atoms with Gasteiger partial charge in [0.15, 0.2) is 0 Å². The van der Waals surface area contributed by atoms with Crippen LogP contribution in [-0.4, -0.2) is 16.7 Å². The SMILES string of the molecule is CCC[C@]1(C)Oc2c(c(O)cc3c2COC3=O)C[C@@H]1C. The van der Waals surface area contributed by atoms with E-state index in [1.807, 2.05) is 0 Å². The number of cyclic esters (lactones) is 1. The minimum Gasteiger partial charge on any atom is -0.508 e. The number of hydrogen-bond donors (Lipinski definition) is 1. The van der Waals surface area contributed by atoms with E-state index >= 15 is 0 Å². The Bertz CT molecular complexity index is 578. The average Bonchev–Trinajstić information content (AvgIpc) is 2.74. The first-order valence-corrected chi connectivity index (χ1v) is 7.20. The second kappa shape index (κ2) is 4.40. The third-order valence-corrected chi connectivity index (χ3v) is 4.67. The molecule has 0 unspecified atom stereocenters. The van der Waals surface area contributed by atoms with Crippen LogP contribution in [0.1, 0.15) is 55.1 Å². The lowest BCUT2D eigenvalue weighted by Gasteiger charge is -2.41. The summed E-state index contributed by atoms with van der Waals surface area (Å²) in [4.78, 5) is 11.7. The minimum atomic E-state index is -0.377. The first-order chi connectivity index (χ1) is 9.46. The van der Waals surface area contributed by atoms with Gasteiger partial charge in [0.05, 0.1) is 5.56 Å². The fraction of sp³-hybridized carbons (Fsp3) is 0.562. The first kappa shape index (κ1) is 13.3. The number of carbonyl (C=O) groups is 1. The molecule has 2 atom stereocenters. The molecule has 2 aliphatic rings. The smallest absolute Gasteiger partial charge is 0.339 e. The molecule has 2 aliphatic heterocycles. The maximum atomic E-state index is 11.7. The Hall–Kier alpha value is -1.71. The fourth-order valence-corrected chi connectivity index (χ4v) is 3.24. The van der Waals surface area contributed by atoms with Gasteiger partial charge in [-0.25, -0.2) is 4.79 Å². The fourth-order valence-electron chi connectivity index (χ4n) is 3.24. The van der Waals surface area contributed by atoms with Crippen molar-refractivity contribution < 1.29 is 19.4 Å². The molecule has 0 spiro atoms. The second-order valence-corrected chi connectivity index (χ2v) is 6.08. The van der Waals surface area contributed by atoms with Crippen molar-refractivity contribution in [3.63, 3.8) is 0 Å². The molecule has 0 fully saturated rings. The lowest BCUT2D eigenvalue weighted by atomic mass is 9.79. The Morgan fingerprint density at radius 3 is 2.90 bits per heavy atom. The van der Waals surface area contributed by atoms with Crippen LogP contribution < -0.4 is 4.74 Å². The van der Waals surface area contributed by atoms with Gasteiger partial charge in [-0.2, -0.15) is 0 Å². The van der Waals surface area contributed by atoms with Crippen molar-refractivity contribution in [3.8, 4) is 11.5 Å². The third kappa shape index (κ3) is 1.78. The van der Waals surface area contributed by atoms with E-state index in [9.17, 15) is 9.90 Å². The van der Waals surface area contributed by atoms with E-state index in [0.717, 1.165) is 30.4 Å². The van der Waals surface area contributed by atoms with Gasteiger partial charge in [-0.05, 0) is 31.7 Å². The standard InChI is InChI=1S/C16H20O4/c1-4-5-16(3)9(2)6-11-13(17)7-10-12(14(11)20-16)8-19-15(10)18/h7,9,17H,4-6,8H2,1-3H3/t9-,16-/m0/s1.